The van der Waals surface area contributed by atoms with Gasteiger partial charge in [-0.3, -0.25) is 0 Å². The first kappa shape index (κ1) is 13.6. The van der Waals surface area contributed by atoms with Gasteiger partial charge in [-0.25, -0.2) is 4.79 Å². The molecule has 3 aliphatic rings. The Balaban J connectivity index is 2.01. The summed E-state index contributed by atoms with van der Waals surface area (Å²) in [4.78, 5) is 15.0. The van der Waals surface area contributed by atoms with E-state index in [4.69, 9.17) is 14.2 Å². The first-order valence-electron chi connectivity index (χ1n) is 7.78. The molecule has 22 heavy (non-hydrogen) atoms. The van der Waals surface area contributed by atoms with Gasteiger partial charge in [-0.15, -0.1) is 0 Å². The fourth-order valence-corrected chi connectivity index (χ4v) is 3.81. The van der Waals surface area contributed by atoms with Gasteiger partial charge in [-0.2, -0.15) is 4.99 Å². The molecule has 0 radical (unpaired) electrons. The minimum absolute atomic E-state index is 0.0959. The molecule has 0 spiro atoms. The van der Waals surface area contributed by atoms with Crippen molar-refractivity contribution in [3.05, 3.63) is 16.7 Å². The van der Waals surface area contributed by atoms with Crippen molar-refractivity contribution in [1.29, 1.82) is 0 Å². The quantitative estimate of drug-likeness (QED) is 0.636. The Labute approximate surface area is 129 Å². The molecule has 1 fully saturated rings. The maximum absolute atomic E-state index is 10.9. The van der Waals surface area contributed by atoms with Crippen molar-refractivity contribution in [3.63, 3.8) is 0 Å². The van der Waals surface area contributed by atoms with Crippen LogP contribution in [0.25, 0.3) is 0 Å². The van der Waals surface area contributed by atoms with Crippen molar-refractivity contribution in [2.24, 2.45) is 4.99 Å². The zero-order chi connectivity index (χ0) is 15.5. The molecule has 1 aromatic carbocycles. The van der Waals surface area contributed by atoms with Gasteiger partial charge in [0.2, 0.25) is 6.08 Å². The van der Waals surface area contributed by atoms with Crippen LogP contribution in [-0.2, 0) is 23.2 Å². The molecule has 0 aromatic heterocycles. The highest BCUT2D eigenvalue weighted by Gasteiger charge is 2.52. The first-order valence-corrected chi connectivity index (χ1v) is 7.78. The lowest BCUT2D eigenvalue weighted by Gasteiger charge is -2.20. The maximum atomic E-state index is 10.9. The summed E-state index contributed by atoms with van der Waals surface area (Å²) in [5.41, 5.74) is 2.72. The molecule has 5 heteroatoms. The van der Waals surface area contributed by atoms with Gasteiger partial charge in [0.15, 0.2) is 11.5 Å². The van der Waals surface area contributed by atoms with E-state index in [9.17, 15) is 4.79 Å². The molecule has 1 aliphatic carbocycles. The van der Waals surface area contributed by atoms with Gasteiger partial charge >= 0.3 is 0 Å². The molecule has 116 valence electrons. The molecular weight excluding hydrogens is 282 g/mol. The Morgan fingerprint density at radius 1 is 1.14 bits per heavy atom. The van der Waals surface area contributed by atoms with E-state index in [-0.39, 0.29) is 12.2 Å². The van der Waals surface area contributed by atoms with Crippen LogP contribution in [0.2, 0.25) is 0 Å². The molecular formula is C17H19NO4. The van der Waals surface area contributed by atoms with Crippen molar-refractivity contribution in [3.8, 4) is 17.2 Å². The summed E-state index contributed by atoms with van der Waals surface area (Å²) in [6.07, 6.45) is 5.25. The van der Waals surface area contributed by atoms with E-state index in [0.717, 1.165) is 59.6 Å². The van der Waals surface area contributed by atoms with E-state index in [2.05, 4.69) is 4.99 Å². The summed E-state index contributed by atoms with van der Waals surface area (Å²) in [5.74, 6) is 2.46. The predicted octanol–water partition coefficient (Wildman–Crippen LogP) is 2.67. The monoisotopic (exact) mass is 301 g/mol. The summed E-state index contributed by atoms with van der Waals surface area (Å²) < 4.78 is 17.7. The second kappa shape index (κ2) is 4.50. The molecule has 0 saturated heterocycles. The van der Waals surface area contributed by atoms with Gasteiger partial charge in [0.05, 0.1) is 7.11 Å². The number of fused-ring (bicyclic) bond motifs is 2. The highest BCUT2D eigenvalue weighted by Crippen LogP contribution is 2.61. The number of ether oxygens (including phenoxy) is 3. The van der Waals surface area contributed by atoms with E-state index in [1.165, 1.54) is 0 Å². The minimum atomic E-state index is -0.459. The number of hydrogen-bond acceptors (Lipinski definition) is 5. The van der Waals surface area contributed by atoms with Crippen LogP contribution < -0.4 is 14.2 Å². The molecule has 5 nitrogen and oxygen atoms in total. The predicted molar refractivity (Wildman–Crippen MR) is 79.6 cm³/mol. The molecule has 0 bridgehead atoms. The average Bonchev–Trinajstić information content (AvgIpc) is 2.98. The number of rotatable bonds is 3. The fraction of sp³-hybridized carbons (Fsp3) is 0.588. The van der Waals surface area contributed by atoms with Gasteiger partial charge in [0.25, 0.3) is 0 Å². The molecule has 0 amide bonds. The fourth-order valence-electron chi connectivity index (χ4n) is 3.81. The first-order chi connectivity index (χ1) is 10.6. The topological polar surface area (TPSA) is 57.1 Å². The van der Waals surface area contributed by atoms with Gasteiger partial charge in [-0.1, -0.05) is 0 Å². The Bertz CT molecular complexity index is 662. The van der Waals surface area contributed by atoms with Crippen molar-refractivity contribution in [2.45, 2.75) is 57.3 Å². The number of nitrogens with zero attached hydrogens (tertiary/aromatic N) is 1. The normalized spacial score (nSPS) is 26.3. The molecule has 2 heterocycles. The summed E-state index contributed by atoms with van der Waals surface area (Å²) >= 11 is 0. The van der Waals surface area contributed by atoms with Crippen molar-refractivity contribution < 1.29 is 19.0 Å². The van der Waals surface area contributed by atoms with Gasteiger partial charge in [0, 0.05) is 29.5 Å². The second-order valence-electron chi connectivity index (χ2n) is 6.52. The van der Waals surface area contributed by atoms with Crippen LogP contribution in [0.1, 0.15) is 43.4 Å². The van der Waals surface area contributed by atoms with Gasteiger partial charge in [0.1, 0.15) is 23.5 Å². The average molecular weight is 301 g/mol. The number of benzene rings is 1. The standard InChI is InChI=1S/C17H19NO4/c1-9-6-11-13(17(4-5-17)18-8-19)14-12(7-10(2)21-14)15(20-3)16(11)22-9/h9-10H,4-7H2,1-3H3. The number of methoxy groups -OCH3 is 1. The maximum Gasteiger partial charge on any atom is 0.235 e. The summed E-state index contributed by atoms with van der Waals surface area (Å²) in [5, 5.41) is 0. The van der Waals surface area contributed by atoms with E-state index >= 15 is 0 Å². The van der Waals surface area contributed by atoms with Crippen LogP contribution in [0.5, 0.6) is 17.2 Å². The molecule has 2 unspecified atom stereocenters. The van der Waals surface area contributed by atoms with E-state index in [1.54, 1.807) is 13.2 Å². The number of aliphatic imine (C=N–C) groups is 1. The smallest absolute Gasteiger partial charge is 0.235 e. The van der Waals surface area contributed by atoms with Crippen LogP contribution in [0.15, 0.2) is 4.99 Å². The lowest BCUT2D eigenvalue weighted by Crippen LogP contribution is -2.12. The molecule has 2 atom stereocenters. The van der Waals surface area contributed by atoms with Gasteiger partial charge in [-0.05, 0) is 26.7 Å². The van der Waals surface area contributed by atoms with E-state index in [0.29, 0.717) is 0 Å². The van der Waals surface area contributed by atoms with Crippen LogP contribution in [0.3, 0.4) is 0 Å². The molecule has 2 aliphatic heterocycles. The molecule has 4 rings (SSSR count). The number of carbonyl (C=O) groups excluding carboxylic acids is 1. The third kappa shape index (κ3) is 1.72. The number of isocyanates is 1. The lowest BCUT2D eigenvalue weighted by molar-refractivity contribution is 0.242. The third-order valence-corrected chi connectivity index (χ3v) is 4.83. The van der Waals surface area contributed by atoms with Crippen LogP contribution in [0.4, 0.5) is 0 Å². The Kier molecular flexibility index (Phi) is 2.79. The zero-order valence-electron chi connectivity index (χ0n) is 13.1. The van der Waals surface area contributed by atoms with Gasteiger partial charge < -0.3 is 14.2 Å². The van der Waals surface area contributed by atoms with E-state index in [1.807, 2.05) is 13.8 Å². The zero-order valence-corrected chi connectivity index (χ0v) is 13.1. The Morgan fingerprint density at radius 3 is 2.36 bits per heavy atom. The highest BCUT2D eigenvalue weighted by atomic mass is 16.5. The summed E-state index contributed by atoms with van der Waals surface area (Å²) in [6.45, 7) is 4.08. The van der Waals surface area contributed by atoms with Crippen LogP contribution in [0, 0.1) is 0 Å². The van der Waals surface area contributed by atoms with Crippen LogP contribution in [-0.4, -0.2) is 25.4 Å². The largest absolute Gasteiger partial charge is 0.492 e. The third-order valence-electron chi connectivity index (χ3n) is 4.83. The molecule has 1 aromatic rings. The Hall–Kier alpha value is -2.00. The van der Waals surface area contributed by atoms with Crippen molar-refractivity contribution >= 4 is 6.08 Å². The summed E-state index contributed by atoms with van der Waals surface area (Å²) in [6, 6.07) is 0. The van der Waals surface area contributed by atoms with E-state index < -0.39 is 5.54 Å². The van der Waals surface area contributed by atoms with Crippen molar-refractivity contribution in [2.75, 3.05) is 7.11 Å². The van der Waals surface area contributed by atoms with Crippen LogP contribution >= 0.6 is 0 Å². The number of hydrogen-bond donors (Lipinski definition) is 0. The lowest BCUT2D eigenvalue weighted by atomic mass is 9.91. The second-order valence-corrected chi connectivity index (χ2v) is 6.52. The molecule has 0 N–H and O–H groups in total. The Morgan fingerprint density at radius 2 is 1.77 bits per heavy atom. The highest BCUT2D eigenvalue weighted by molar-refractivity contribution is 5.69. The van der Waals surface area contributed by atoms with Crippen molar-refractivity contribution in [1.82, 2.24) is 0 Å². The SMILES string of the molecule is COc1c2c(c(C3(N=C=O)CC3)c3c1OC(C)C3)OC(C)C2. The summed E-state index contributed by atoms with van der Waals surface area (Å²) in [7, 11) is 1.67. The molecule has 1 saturated carbocycles. The minimum Gasteiger partial charge on any atom is -0.492 e.